The van der Waals surface area contributed by atoms with Crippen LogP contribution in [0.2, 0.25) is 0 Å². The number of unbranched alkanes of at least 4 members (excludes halogenated alkanes) is 1. The molecule has 104 valence electrons. The molecule has 0 aliphatic heterocycles. The van der Waals surface area contributed by atoms with E-state index in [4.69, 9.17) is 21.4 Å². The Labute approximate surface area is 117 Å². The number of carboxylic acid groups (broad SMARTS) is 1. The zero-order valence-electron chi connectivity index (χ0n) is 10.8. The largest absolute Gasteiger partial charge is 0.478 e. The summed E-state index contributed by atoms with van der Waals surface area (Å²) >= 11 is 5.43. The second-order valence-corrected chi connectivity index (χ2v) is 4.41. The van der Waals surface area contributed by atoms with Crippen molar-refractivity contribution in [3.8, 4) is 0 Å². The highest BCUT2D eigenvalue weighted by atomic mass is 35.5. The van der Waals surface area contributed by atoms with E-state index in [0.717, 1.165) is 12.8 Å². The standard InChI is InChI=1S/C14H17ClO4/c1-2-3-8-12(19-13(16)9-15)10-6-4-5-7-11(10)14(17)18/h4-7,12H,2-3,8-9H2,1H3,(H,17,18). The number of carbonyl (C=O) groups is 2. The van der Waals surface area contributed by atoms with Crippen LogP contribution in [0.25, 0.3) is 0 Å². The summed E-state index contributed by atoms with van der Waals surface area (Å²) in [7, 11) is 0. The molecule has 0 aromatic heterocycles. The van der Waals surface area contributed by atoms with Crippen LogP contribution in [0, 0.1) is 0 Å². The first kappa shape index (κ1) is 15.5. The number of halogens is 1. The van der Waals surface area contributed by atoms with Gasteiger partial charge in [-0.1, -0.05) is 31.5 Å². The summed E-state index contributed by atoms with van der Waals surface area (Å²) in [6.45, 7) is 2.02. The fraction of sp³-hybridized carbons (Fsp3) is 0.429. The van der Waals surface area contributed by atoms with Crippen molar-refractivity contribution < 1.29 is 19.4 Å². The molecule has 0 bridgehead atoms. The normalized spacial score (nSPS) is 11.9. The van der Waals surface area contributed by atoms with Crippen LogP contribution in [0.15, 0.2) is 24.3 Å². The van der Waals surface area contributed by atoms with Crippen molar-refractivity contribution in [2.45, 2.75) is 32.3 Å². The van der Waals surface area contributed by atoms with E-state index < -0.39 is 18.0 Å². The first-order chi connectivity index (χ1) is 9.10. The van der Waals surface area contributed by atoms with Crippen molar-refractivity contribution in [2.24, 2.45) is 0 Å². The number of carboxylic acids is 1. The minimum atomic E-state index is -1.03. The van der Waals surface area contributed by atoms with E-state index in [1.165, 1.54) is 6.07 Å². The number of alkyl halides is 1. The number of hydrogen-bond acceptors (Lipinski definition) is 3. The highest BCUT2D eigenvalue weighted by Gasteiger charge is 2.21. The van der Waals surface area contributed by atoms with Crippen LogP contribution in [0.5, 0.6) is 0 Å². The maximum atomic E-state index is 11.3. The monoisotopic (exact) mass is 284 g/mol. The Morgan fingerprint density at radius 2 is 2.05 bits per heavy atom. The first-order valence-corrected chi connectivity index (χ1v) is 6.71. The van der Waals surface area contributed by atoms with Crippen molar-refractivity contribution >= 4 is 23.5 Å². The second kappa shape index (κ2) is 7.79. The molecule has 0 saturated heterocycles. The number of esters is 1. The zero-order chi connectivity index (χ0) is 14.3. The van der Waals surface area contributed by atoms with E-state index >= 15 is 0 Å². The lowest BCUT2D eigenvalue weighted by atomic mass is 9.98. The molecule has 0 fully saturated rings. The Kier molecular flexibility index (Phi) is 6.36. The predicted octanol–water partition coefficient (Wildman–Crippen LogP) is 3.40. The van der Waals surface area contributed by atoms with Gasteiger partial charge in [-0.3, -0.25) is 4.79 Å². The van der Waals surface area contributed by atoms with Crippen LogP contribution in [0.1, 0.15) is 48.2 Å². The van der Waals surface area contributed by atoms with Crippen LogP contribution in [0.4, 0.5) is 0 Å². The molecule has 1 N–H and O–H groups in total. The van der Waals surface area contributed by atoms with Gasteiger partial charge in [0.05, 0.1) is 5.56 Å². The molecule has 0 aliphatic carbocycles. The number of aromatic carboxylic acids is 1. The van der Waals surface area contributed by atoms with E-state index in [0.29, 0.717) is 12.0 Å². The Hall–Kier alpha value is -1.55. The van der Waals surface area contributed by atoms with Crippen LogP contribution in [-0.4, -0.2) is 22.9 Å². The van der Waals surface area contributed by atoms with E-state index in [2.05, 4.69) is 0 Å². The summed E-state index contributed by atoms with van der Waals surface area (Å²) in [4.78, 5) is 22.5. The predicted molar refractivity (Wildman–Crippen MR) is 72.5 cm³/mol. The third-order valence-corrected chi connectivity index (χ3v) is 2.96. The lowest BCUT2D eigenvalue weighted by Crippen LogP contribution is -2.15. The highest BCUT2D eigenvalue weighted by molar-refractivity contribution is 6.26. The van der Waals surface area contributed by atoms with Gasteiger partial charge in [0.2, 0.25) is 0 Å². The van der Waals surface area contributed by atoms with Gasteiger partial charge in [0.25, 0.3) is 0 Å². The van der Waals surface area contributed by atoms with Crippen LogP contribution in [-0.2, 0) is 9.53 Å². The molecule has 0 amide bonds. The number of hydrogen-bond donors (Lipinski definition) is 1. The van der Waals surface area contributed by atoms with E-state index in [1.807, 2.05) is 6.92 Å². The molecule has 5 heteroatoms. The van der Waals surface area contributed by atoms with E-state index in [-0.39, 0.29) is 11.4 Å². The maximum Gasteiger partial charge on any atom is 0.336 e. The van der Waals surface area contributed by atoms with Crippen molar-refractivity contribution in [3.63, 3.8) is 0 Å². The minimum absolute atomic E-state index is 0.158. The molecule has 0 saturated carbocycles. The molecule has 0 radical (unpaired) electrons. The molecule has 1 unspecified atom stereocenters. The quantitative estimate of drug-likeness (QED) is 0.616. The SMILES string of the molecule is CCCCC(OC(=O)CCl)c1ccccc1C(=O)O. The third-order valence-electron chi connectivity index (χ3n) is 2.74. The van der Waals surface area contributed by atoms with Crippen molar-refractivity contribution in [3.05, 3.63) is 35.4 Å². The van der Waals surface area contributed by atoms with Crippen LogP contribution < -0.4 is 0 Å². The summed E-state index contributed by atoms with van der Waals surface area (Å²) in [6.07, 6.45) is 1.81. The van der Waals surface area contributed by atoms with Crippen molar-refractivity contribution in [1.82, 2.24) is 0 Å². The molecule has 1 aromatic carbocycles. The molecule has 1 atom stereocenters. The fourth-order valence-corrected chi connectivity index (χ4v) is 1.89. The van der Waals surface area contributed by atoms with Crippen molar-refractivity contribution in [1.29, 1.82) is 0 Å². The van der Waals surface area contributed by atoms with Gasteiger partial charge < -0.3 is 9.84 Å². The summed E-state index contributed by atoms with van der Waals surface area (Å²) in [6, 6.07) is 6.55. The van der Waals surface area contributed by atoms with Gasteiger partial charge in [0.1, 0.15) is 12.0 Å². The summed E-state index contributed by atoms with van der Waals surface area (Å²) in [5, 5.41) is 9.16. The van der Waals surface area contributed by atoms with Gasteiger partial charge >= 0.3 is 11.9 Å². The average molecular weight is 285 g/mol. The van der Waals surface area contributed by atoms with Crippen molar-refractivity contribution in [2.75, 3.05) is 5.88 Å². The molecule has 0 aliphatic rings. The van der Waals surface area contributed by atoms with Gasteiger partial charge in [0, 0.05) is 5.56 Å². The highest BCUT2D eigenvalue weighted by Crippen LogP contribution is 2.27. The lowest BCUT2D eigenvalue weighted by Gasteiger charge is -2.19. The van der Waals surface area contributed by atoms with Gasteiger partial charge in [-0.05, 0) is 18.9 Å². The molecule has 0 heterocycles. The summed E-state index contributed by atoms with van der Waals surface area (Å²) in [5.74, 6) is -1.81. The Morgan fingerprint density at radius 1 is 1.37 bits per heavy atom. The molecule has 0 spiro atoms. The topological polar surface area (TPSA) is 63.6 Å². The van der Waals surface area contributed by atoms with Gasteiger partial charge in [-0.15, -0.1) is 11.6 Å². The van der Waals surface area contributed by atoms with Crippen LogP contribution in [0.3, 0.4) is 0 Å². The lowest BCUT2D eigenvalue weighted by molar-refractivity contribution is -0.146. The molecule has 4 nitrogen and oxygen atoms in total. The second-order valence-electron chi connectivity index (χ2n) is 4.15. The fourth-order valence-electron chi connectivity index (χ4n) is 1.83. The average Bonchev–Trinajstić information content (AvgIpc) is 2.43. The summed E-state index contributed by atoms with van der Waals surface area (Å²) < 4.78 is 5.24. The third kappa shape index (κ3) is 4.56. The first-order valence-electron chi connectivity index (χ1n) is 6.17. The number of benzene rings is 1. The molecule has 19 heavy (non-hydrogen) atoms. The molecule has 1 aromatic rings. The summed E-state index contributed by atoms with van der Waals surface area (Å²) in [5.41, 5.74) is 0.674. The maximum absolute atomic E-state index is 11.3. The van der Waals surface area contributed by atoms with Gasteiger partial charge in [0.15, 0.2) is 0 Å². The number of rotatable bonds is 7. The van der Waals surface area contributed by atoms with Gasteiger partial charge in [-0.25, -0.2) is 4.79 Å². The van der Waals surface area contributed by atoms with Gasteiger partial charge in [-0.2, -0.15) is 0 Å². The molecule has 1 rings (SSSR count). The van der Waals surface area contributed by atoms with Crippen LogP contribution >= 0.6 is 11.6 Å². The number of ether oxygens (including phenoxy) is 1. The minimum Gasteiger partial charge on any atom is -0.478 e. The Morgan fingerprint density at radius 3 is 2.63 bits per heavy atom. The smallest absolute Gasteiger partial charge is 0.336 e. The Bertz CT molecular complexity index is 445. The zero-order valence-corrected chi connectivity index (χ0v) is 11.5. The number of carbonyl (C=O) groups excluding carboxylic acids is 1. The Balaban J connectivity index is 3.02. The molecular formula is C14H17ClO4. The van der Waals surface area contributed by atoms with E-state index in [1.54, 1.807) is 18.2 Å². The van der Waals surface area contributed by atoms with E-state index in [9.17, 15) is 9.59 Å². The molecular weight excluding hydrogens is 268 g/mol.